The fraction of sp³-hybridized carbons (Fsp3) is 0.524. The van der Waals surface area contributed by atoms with Gasteiger partial charge in [0.1, 0.15) is 5.41 Å². The number of pyridine rings is 1. The number of ether oxygens (including phenoxy) is 2. The maximum absolute atomic E-state index is 13.0. The van der Waals surface area contributed by atoms with E-state index in [4.69, 9.17) is 9.47 Å². The van der Waals surface area contributed by atoms with E-state index in [2.05, 4.69) is 4.98 Å². The number of carbonyl (C=O) groups is 3. The van der Waals surface area contributed by atoms with Crippen LogP contribution < -0.4 is 0 Å². The molecule has 0 bridgehead atoms. The van der Waals surface area contributed by atoms with Crippen LogP contribution in [0.15, 0.2) is 24.5 Å². The van der Waals surface area contributed by atoms with Crippen LogP contribution in [0.1, 0.15) is 49.9 Å². The highest BCUT2D eigenvalue weighted by molar-refractivity contribution is 6.03. The lowest BCUT2D eigenvalue weighted by Crippen LogP contribution is -2.56. The zero-order valence-corrected chi connectivity index (χ0v) is 16.5. The molecule has 0 spiro atoms. The number of aromatic nitrogens is 1. The van der Waals surface area contributed by atoms with E-state index in [0.717, 1.165) is 0 Å². The van der Waals surface area contributed by atoms with E-state index in [1.54, 1.807) is 26.0 Å². The van der Waals surface area contributed by atoms with Gasteiger partial charge in [0, 0.05) is 30.3 Å². The molecule has 0 saturated heterocycles. The standard InChI is InChI=1S/C21H23N3O5/c1-3-28-18(26)21(19(27)29-4-2)9-6-8-20(13-22,14-23)17(21)11-16(25)15-7-5-10-24-12-15/h5,7,10,12,17H,3-4,6,8-9,11H2,1-2H3/t17-/m1/s1. The summed E-state index contributed by atoms with van der Waals surface area (Å²) in [6.07, 6.45) is 2.98. The van der Waals surface area contributed by atoms with Crippen LogP contribution in [0.3, 0.4) is 0 Å². The SMILES string of the molecule is CCOC(=O)C1(C(=O)OCC)CCCC(C#N)(C#N)[C@H]1CC(=O)c1cccnc1. The molecule has 0 aliphatic heterocycles. The first-order valence-electron chi connectivity index (χ1n) is 9.52. The van der Waals surface area contributed by atoms with Crippen molar-refractivity contribution in [1.82, 2.24) is 4.98 Å². The van der Waals surface area contributed by atoms with Crippen LogP contribution in [0, 0.1) is 39.4 Å². The third kappa shape index (κ3) is 3.97. The average molecular weight is 397 g/mol. The van der Waals surface area contributed by atoms with E-state index in [1.807, 2.05) is 12.1 Å². The Morgan fingerprint density at radius 1 is 1.14 bits per heavy atom. The summed E-state index contributed by atoms with van der Waals surface area (Å²) in [6.45, 7) is 3.21. The first-order chi connectivity index (χ1) is 13.9. The molecule has 0 radical (unpaired) electrons. The zero-order valence-electron chi connectivity index (χ0n) is 16.5. The Hall–Kier alpha value is -3.26. The molecular weight excluding hydrogens is 374 g/mol. The lowest BCUT2D eigenvalue weighted by atomic mass is 9.53. The van der Waals surface area contributed by atoms with Crippen LogP contribution in [0.2, 0.25) is 0 Å². The second-order valence-electron chi connectivity index (χ2n) is 6.88. The maximum Gasteiger partial charge on any atom is 0.323 e. The molecule has 1 fully saturated rings. The number of nitriles is 2. The molecule has 1 heterocycles. The van der Waals surface area contributed by atoms with Gasteiger partial charge in [-0.25, -0.2) is 0 Å². The lowest BCUT2D eigenvalue weighted by Gasteiger charge is -2.45. The molecule has 152 valence electrons. The quantitative estimate of drug-likeness (QED) is 0.390. The first-order valence-corrected chi connectivity index (χ1v) is 9.52. The van der Waals surface area contributed by atoms with Crippen LogP contribution in [0.5, 0.6) is 0 Å². The molecule has 1 atom stereocenters. The fourth-order valence-electron chi connectivity index (χ4n) is 3.98. The summed E-state index contributed by atoms with van der Waals surface area (Å²) in [4.78, 5) is 42.9. The van der Waals surface area contributed by atoms with Crippen LogP contribution in [0.25, 0.3) is 0 Å². The average Bonchev–Trinajstić information content (AvgIpc) is 2.74. The van der Waals surface area contributed by atoms with Crippen molar-refractivity contribution in [3.05, 3.63) is 30.1 Å². The molecule has 8 nitrogen and oxygen atoms in total. The van der Waals surface area contributed by atoms with Gasteiger partial charge in [-0.2, -0.15) is 10.5 Å². The predicted molar refractivity (Wildman–Crippen MR) is 99.9 cm³/mol. The van der Waals surface area contributed by atoms with Crippen molar-refractivity contribution in [2.75, 3.05) is 13.2 Å². The molecule has 0 unspecified atom stereocenters. The monoisotopic (exact) mass is 397 g/mol. The summed E-state index contributed by atoms with van der Waals surface area (Å²) in [5.74, 6) is -3.35. The molecule has 1 aliphatic carbocycles. The summed E-state index contributed by atoms with van der Waals surface area (Å²) < 4.78 is 10.3. The van der Waals surface area contributed by atoms with E-state index >= 15 is 0 Å². The summed E-state index contributed by atoms with van der Waals surface area (Å²) in [6, 6.07) is 7.09. The van der Waals surface area contributed by atoms with Crippen LogP contribution in [-0.2, 0) is 19.1 Å². The number of rotatable bonds is 7. The van der Waals surface area contributed by atoms with Gasteiger partial charge in [-0.05, 0) is 45.2 Å². The Morgan fingerprint density at radius 2 is 1.76 bits per heavy atom. The van der Waals surface area contributed by atoms with Gasteiger partial charge in [-0.3, -0.25) is 19.4 Å². The van der Waals surface area contributed by atoms with Crippen molar-refractivity contribution in [1.29, 1.82) is 10.5 Å². The molecule has 0 amide bonds. The lowest BCUT2D eigenvalue weighted by molar-refractivity contribution is -0.183. The van der Waals surface area contributed by atoms with E-state index in [1.165, 1.54) is 12.4 Å². The third-order valence-electron chi connectivity index (χ3n) is 5.38. The minimum absolute atomic E-state index is 0.00929. The predicted octanol–water partition coefficient (Wildman–Crippen LogP) is 2.60. The Labute approximate surface area is 169 Å². The highest BCUT2D eigenvalue weighted by Crippen LogP contribution is 2.54. The number of hydrogen-bond donors (Lipinski definition) is 0. The van der Waals surface area contributed by atoms with Crippen molar-refractivity contribution in [3.8, 4) is 12.1 Å². The molecule has 29 heavy (non-hydrogen) atoms. The van der Waals surface area contributed by atoms with Gasteiger partial charge in [-0.15, -0.1) is 0 Å². The van der Waals surface area contributed by atoms with Crippen molar-refractivity contribution in [3.63, 3.8) is 0 Å². The Morgan fingerprint density at radius 3 is 2.24 bits per heavy atom. The molecule has 1 aromatic rings. The number of nitrogens with zero attached hydrogens (tertiary/aromatic N) is 3. The normalized spacial score (nSPS) is 19.2. The van der Waals surface area contributed by atoms with Crippen molar-refractivity contribution < 1.29 is 23.9 Å². The van der Waals surface area contributed by atoms with Gasteiger partial charge >= 0.3 is 11.9 Å². The molecule has 8 heteroatoms. The molecule has 2 rings (SSSR count). The number of carbonyl (C=O) groups excluding carboxylic acids is 3. The van der Waals surface area contributed by atoms with Gasteiger partial charge in [0.25, 0.3) is 0 Å². The fourth-order valence-corrected chi connectivity index (χ4v) is 3.98. The first kappa shape index (κ1) is 22.0. The molecule has 0 aromatic carbocycles. The minimum Gasteiger partial charge on any atom is -0.465 e. The highest BCUT2D eigenvalue weighted by atomic mass is 16.6. The number of hydrogen-bond acceptors (Lipinski definition) is 8. The topological polar surface area (TPSA) is 130 Å². The highest BCUT2D eigenvalue weighted by Gasteiger charge is 2.64. The smallest absolute Gasteiger partial charge is 0.323 e. The van der Waals surface area contributed by atoms with Gasteiger partial charge in [0.2, 0.25) is 0 Å². The Kier molecular flexibility index (Phi) is 7.06. The summed E-state index contributed by atoms with van der Waals surface area (Å²) in [5, 5.41) is 19.7. The van der Waals surface area contributed by atoms with E-state index < -0.39 is 34.5 Å². The summed E-state index contributed by atoms with van der Waals surface area (Å²) >= 11 is 0. The second-order valence-corrected chi connectivity index (χ2v) is 6.88. The summed E-state index contributed by atoms with van der Waals surface area (Å²) in [7, 11) is 0. The molecule has 1 saturated carbocycles. The second kappa shape index (κ2) is 9.29. The molecule has 0 N–H and O–H groups in total. The van der Waals surface area contributed by atoms with Crippen LogP contribution in [0.4, 0.5) is 0 Å². The maximum atomic E-state index is 13.0. The third-order valence-corrected chi connectivity index (χ3v) is 5.38. The Balaban J connectivity index is 2.62. The van der Waals surface area contributed by atoms with Gasteiger partial charge < -0.3 is 9.47 Å². The van der Waals surface area contributed by atoms with Crippen LogP contribution >= 0.6 is 0 Å². The minimum atomic E-state index is -1.90. The van der Waals surface area contributed by atoms with E-state index in [-0.39, 0.29) is 44.5 Å². The molecular formula is C21H23N3O5. The zero-order chi connectivity index (χ0) is 21.5. The summed E-state index contributed by atoms with van der Waals surface area (Å²) in [5.41, 5.74) is -3.33. The van der Waals surface area contributed by atoms with E-state index in [9.17, 15) is 24.9 Å². The van der Waals surface area contributed by atoms with Crippen molar-refractivity contribution in [2.45, 2.75) is 39.5 Å². The Bertz CT molecular complexity index is 821. The number of esters is 2. The molecule has 1 aromatic heterocycles. The van der Waals surface area contributed by atoms with E-state index in [0.29, 0.717) is 0 Å². The van der Waals surface area contributed by atoms with Gasteiger partial charge in [-0.1, -0.05) is 0 Å². The molecule has 1 aliphatic rings. The largest absolute Gasteiger partial charge is 0.465 e. The van der Waals surface area contributed by atoms with Gasteiger partial charge in [0.05, 0.1) is 25.4 Å². The van der Waals surface area contributed by atoms with Crippen LogP contribution in [-0.4, -0.2) is 35.9 Å². The van der Waals surface area contributed by atoms with Gasteiger partial charge in [0.15, 0.2) is 11.2 Å². The number of ketones is 1. The van der Waals surface area contributed by atoms with Crippen molar-refractivity contribution >= 4 is 17.7 Å². The number of Topliss-reactive ketones (excluding diaryl/α,β-unsaturated/α-hetero) is 1. The van der Waals surface area contributed by atoms with Crippen molar-refractivity contribution in [2.24, 2.45) is 16.7 Å².